The molecule has 0 aromatic rings. The van der Waals surface area contributed by atoms with Crippen molar-refractivity contribution in [2.24, 2.45) is 0 Å². The fourth-order valence-corrected chi connectivity index (χ4v) is 1.39. The van der Waals surface area contributed by atoms with Gasteiger partial charge in [-0.1, -0.05) is 0 Å². The lowest BCUT2D eigenvalue weighted by Crippen LogP contribution is -2.52. The molecule has 8 heteroatoms. The van der Waals surface area contributed by atoms with Gasteiger partial charge in [-0.25, -0.2) is 15.6 Å². The third kappa shape index (κ3) is 5.83. The van der Waals surface area contributed by atoms with Crippen LogP contribution in [-0.4, -0.2) is 23.6 Å². The second-order valence-corrected chi connectivity index (χ2v) is 3.92. The summed E-state index contributed by atoms with van der Waals surface area (Å²) in [5.41, 5.74) is 8.42. The second kappa shape index (κ2) is 7.25. The molecule has 1 rings (SSSR count). The molecule has 0 aliphatic carbocycles. The third-order valence-electron chi connectivity index (χ3n) is 2.37. The molecule has 1 saturated heterocycles. The molecule has 1 aliphatic rings. The van der Waals surface area contributed by atoms with Crippen LogP contribution in [0.25, 0.3) is 0 Å². The predicted molar refractivity (Wildman–Crippen MR) is 60.7 cm³/mol. The average molecular weight is 256 g/mol. The number of carbonyl (C=O) groups is 4. The Morgan fingerprint density at radius 1 is 0.611 bits per heavy atom. The Labute approximate surface area is 104 Å². The van der Waals surface area contributed by atoms with Crippen molar-refractivity contribution in [3.05, 3.63) is 0 Å². The van der Waals surface area contributed by atoms with E-state index in [1.54, 1.807) is 0 Å². The fourth-order valence-electron chi connectivity index (χ4n) is 1.39. The van der Waals surface area contributed by atoms with E-state index in [-0.39, 0.29) is 31.0 Å². The Hall–Kier alpha value is -2.12. The van der Waals surface area contributed by atoms with E-state index in [2.05, 4.69) is 16.3 Å². The van der Waals surface area contributed by atoms with E-state index >= 15 is 0 Å². The molecule has 0 radical (unpaired) electrons. The number of rotatable bonds is 0. The monoisotopic (exact) mass is 256 g/mol. The number of urea groups is 1. The summed E-state index contributed by atoms with van der Waals surface area (Å²) in [6.45, 7) is 0. The van der Waals surface area contributed by atoms with E-state index in [1.807, 2.05) is 5.43 Å². The molecule has 0 bridgehead atoms. The minimum atomic E-state index is -0.750. The van der Waals surface area contributed by atoms with Crippen LogP contribution in [-0.2, 0) is 14.4 Å². The molecule has 4 N–H and O–H groups in total. The zero-order chi connectivity index (χ0) is 13.4. The SMILES string of the molecule is O=C1CCCCC(=O)NNC(=O)NNC(=O)CC1. The number of nitrogens with one attached hydrogen (secondary N) is 4. The van der Waals surface area contributed by atoms with Gasteiger partial charge in [-0.2, -0.15) is 0 Å². The first-order chi connectivity index (χ1) is 8.58. The minimum Gasteiger partial charge on any atom is -0.300 e. The van der Waals surface area contributed by atoms with Gasteiger partial charge in [0.25, 0.3) is 0 Å². The van der Waals surface area contributed by atoms with E-state index < -0.39 is 11.9 Å². The second-order valence-electron chi connectivity index (χ2n) is 3.92. The van der Waals surface area contributed by atoms with Gasteiger partial charge in [0, 0.05) is 25.7 Å². The summed E-state index contributed by atoms with van der Waals surface area (Å²) >= 11 is 0. The van der Waals surface area contributed by atoms with Crippen molar-refractivity contribution in [2.75, 3.05) is 0 Å². The van der Waals surface area contributed by atoms with Crippen LogP contribution in [0.15, 0.2) is 0 Å². The van der Waals surface area contributed by atoms with Crippen LogP contribution in [0.5, 0.6) is 0 Å². The largest absolute Gasteiger partial charge is 0.352 e. The lowest BCUT2D eigenvalue weighted by Gasteiger charge is -2.10. The number of hydrazine groups is 2. The maximum atomic E-state index is 11.4. The Balaban J connectivity index is 2.47. The maximum absolute atomic E-state index is 11.4. The third-order valence-corrected chi connectivity index (χ3v) is 2.37. The van der Waals surface area contributed by atoms with Gasteiger partial charge in [0.15, 0.2) is 0 Å². The van der Waals surface area contributed by atoms with Crippen molar-refractivity contribution >= 4 is 23.6 Å². The molecule has 18 heavy (non-hydrogen) atoms. The van der Waals surface area contributed by atoms with Gasteiger partial charge in [-0.3, -0.25) is 25.2 Å². The number of ketones is 1. The zero-order valence-corrected chi connectivity index (χ0v) is 9.88. The molecule has 100 valence electrons. The van der Waals surface area contributed by atoms with Gasteiger partial charge >= 0.3 is 6.03 Å². The Bertz CT molecular complexity index is 322. The van der Waals surface area contributed by atoms with Crippen LogP contribution in [0.4, 0.5) is 4.79 Å². The molecule has 1 aliphatic heterocycles. The summed E-state index contributed by atoms with van der Waals surface area (Å²) in [6, 6.07) is -0.750. The van der Waals surface area contributed by atoms with Crippen molar-refractivity contribution < 1.29 is 19.2 Å². The van der Waals surface area contributed by atoms with Gasteiger partial charge in [0.2, 0.25) is 11.8 Å². The standard InChI is InChI=1S/C10H16N4O4/c15-7-3-1-2-4-8(16)11-13-10(18)14-12-9(17)6-5-7/h1-6H2,(H,11,16)(H,12,17)(H2,13,14,18). The Morgan fingerprint density at radius 3 is 1.83 bits per heavy atom. The molecule has 0 spiro atoms. The summed E-state index contributed by atoms with van der Waals surface area (Å²) in [7, 11) is 0. The van der Waals surface area contributed by atoms with Crippen molar-refractivity contribution in [3.63, 3.8) is 0 Å². The van der Waals surface area contributed by atoms with Crippen molar-refractivity contribution in [3.8, 4) is 0 Å². The van der Waals surface area contributed by atoms with E-state index in [0.29, 0.717) is 19.3 Å². The van der Waals surface area contributed by atoms with E-state index in [0.717, 1.165) is 0 Å². The highest BCUT2D eigenvalue weighted by molar-refractivity contribution is 5.87. The van der Waals surface area contributed by atoms with Crippen LogP contribution < -0.4 is 21.7 Å². The Morgan fingerprint density at radius 2 is 1.17 bits per heavy atom. The molecule has 0 saturated carbocycles. The first kappa shape index (κ1) is 13.9. The van der Waals surface area contributed by atoms with E-state index in [9.17, 15) is 19.2 Å². The Kier molecular flexibility index (Phi) is 5.62. The van der Waals surface area contributed by atoms with Gasteiger partial charge in [0.05, 0.1) is 0 Å². The van der Waals surface area contributed by atoms with Gasteiger partial charge in [-0.05, 0) is 12.8 Å². The quantitative estimate of drug-likeness (QED) is 0.457. The van der Waals surface area contributed by atoms with Crippen molar-refractivity contribution in [1.82, 2.24) is 21.7 Å². The van der Waals surface area contributed by atoms with Crippen LogP contribution >= 0.6 is 0 Å². The highest BCUT2D eigenvalue weighted by Gasteiger charge is 2.10. The van der Waals surface area contributed by atoms with Crippen LogP contribution in [0.2, 0.25) is 0 Å². The molecular weight excluding hydrogens is 240 g/mol. The molecule has 1 heterocycles. The number of hydrogen-bond acceptors (Lipinski definition) is 4. The molecule has 1 fully saturated rings. The summed E-state index contributed by atoms with van der Waals surface area (Å²) in [6.07, 6.45) is 1.93. The smallest absolute Gasteiger partial charge is 0.300 e. The van der Waals surface area contributed by atoms with Crippen LogP contribution in [0, 0.1) is 0 Å². The minimum absolute atomic E-state index is 0.0212. The molecule has 0 atom stereocenters. The highest BCUT2D eigenvalue weighted by atomic mass is 16.2. The van der Waals surface area contributed by atoms with E-state index in [1.165, 1.54) is 0 Å². The van der Waals surface area contributed by atoms with Gasteiger partial charge in [0.1, 0.15) is 5.78 Å². The average Bonchev–Trinajstić information content (AvgIpc) is 2.35. The zero-order valence-electron chi connectivity index (χ0n) is 9.88. The maximum Gasteiger partial charge on any atom is 0.352 e. The van der Waals surface area contributed by atoms with Gasteiger partial charge in [-0.15, -0.1) is 0 Å². The number of hydrogen-bond donors (Lipinski definition) is 4. The molecular formula is C10H16N4O4. The summed E-state index contributed by atoms with van der Waals surface area (Å²) in [5, 5.41) is 0. The summed E-state index contributed by atoms with van der Waals surface area (Å²) in [4.78, 5) is 44.9. The summed E-state index contributed by atoms with van der Waals surface area (Å²) in [5.74, 6) is -0.824. The van der Waals surface area contributed by atoms with Crippen molar-refractivity contribution in [1.29, 1.82) is 0 Å². The molecule has 8 nitrogen and oxygen atoms in total. The molecule has 0 unspecified atom stereocenters. The lowest BCUT2D eigenvalue weighted by molar-refractivity contribution is -0.126. The van der Waals surface area contributed by atoms with Crippen LogP contribution in [0.3, 0.4) is 0 Å². The first-order valence-electron chi connectivity index (χ1n) is 5.73. The normalized spacial score (nSPS) is 20.0. The fraction of sp³-hybridized carbons (Fsp3) is 0.600. The topological polar surface area (TPSA) is 116 Å². The molecule has 4 amide bonds. The molecule has 0 aromatic heterocycles. The molecule has 0 aromatic carbocycles. The number of amides is 4. The van der Waals surface area contributed by atoms with Gasteiger partial charge < -0.3 is 0 Å². The number of Topliss-reactive ketones (excluding diaryl/α,β-unsaturated/α-hetero) is 1. The number of carbonyl (C=O) groups excluding carboxylic acids is 4. The van der Waals surface area contributed by atoms with E-state index in [4.69, 9.17) is 0 Å². The lowest BCUT2D eigenvalue weighted by atomic mass is 10.1. The first-order valence-corrected chi connectivity index (χ1v) is 5.73. The predicted octanol–water partition coefficient (Wildman–Crippen LogP) is -0.729. The van der Waals surface area contributed by atoms with Crippen molar-refractivity contribution in [2.45, 2.75) is 38.5 Å². The van der Waals surface area contributed by atoms with Crippen LogP contribution in [0.1, 0.15) is 38.5 Å². The summed E-state index contributed by atoms with van der Waals surface area (Å²) < 4.78 is 0. The highest BCUT2D eigenvalue weighted by Crippen LogP contribution is 2.04.